The van der Waals surface area contributed by atoms with E-state index in [0.717, 1.165) is 0 Å². The van der Waals surface area contributed by atoms with E-state index < -0.39 is 23.1 Å². The van der Waals surface area contributed by atoms with E-state index in [1.54, 1.807) is 30.3 Å². The fourth-order valence-electron chi connectivity index (χ4n) is 3.23. The number of halogens is 2. The van der Waals surface area contributed by atoms with Crippen molar-refractivity contribution in [1.29, 1.82) is 0 Å². The minimum absolute atomic E-state index is 0.0407. The van der Waals surface area contributed by atoms with Gasteiger partial charge in [-0.3, -0.25) is 9.59 Å². The Bertz CT molecular complexity index is 807. The van der Waals surface area contributed by atoms with E-state index in [9.17, 15) is 19.1 Å². The first kappa shape index (κ1) is 18.5. The largest absolute Gasteiger partial charge is 0.373 e. The topological polar surface area (TPSA) is 57.6 Å². The molecule has 0 unspecified atom stereocenters. The first-order valence-corrected chi connectivity index (χ1v) is 8.85. The molecule has 2 aromatic carbocycles. The number of hydrogen-bond acceptors (Lipinski definition) is 3. The van der Waals surface area contributed by atoms with E-state index in [2.05, 4.69) is 0 Å². The average molecular weight is 376 g/mol. The molecule has 1 atom stereocenters. The van der Waals surface area contributed by atoms with Crippen molar-refractivity contribution in [2.24, 2.45) is 0 Å². The monoisotopic (exact) mass is 375 g/mol. The Labute approximate surface area is 156 Å². The van der Waals surface area contributed by atoms with Gasteiger partial charge < -0.3 is 10.0 Å². The molecule has 1 N–H and O–H groups in total. The lowest BCUT2D eigenvalue weighted by atomic mass is 9.92. The molecule has 1 saturated heterocycles. The molecule has 1 fully saturated rings. The lowest BCUT2D eigenvalue weighted by Gasteiger charge is -2.21. The van der Waals surface area contributed by atoms with Gasteiger partial charge in [-0.2, -0.15) is 0 Å². The van der Waals surface area contributed by atoms with Gasteiger partial charge in [0.1, 0.15) is 5.82 Å². The first-order valence-electron chi connectivity index (χ1n) is 8.48. The molecule has 0 aliphatic carbocycles. The van der Waals surface area contributed by atoms with Crippen LogP contribution in [0.4, 0.5) is 10.1 Å². The molecule has 0 saturated carbocycles. The number of anilines is 1. The number of ketones is 1. The minimum Gasteiger partial charge on any atom is -0.373 e. The molecule has 1 amide bonds. The Morgan fingerprint density at radius 3 is 2.65 bits per heavy atom. The summed E-state index contributed by atoms with van der Waals surface area (Å²) in [4.78, 5) is 26.5. The molecular weight excluding hydrogens is 357 g/mol. The Hall–Kier alpha value is -2.24. The fourth-order valence-corrected chi connectivity index (χ4v) is 3.48. The van der Waals surface area contributed by atoms with Gasteiger partial charge in [0, 0.05) is 30.1 Å². The van der Waals surface area contributed by atoms with E-state index in [4.69, 9.17) is 11.6 Å². The maximum Gasteiger partial charge on any atom is 0.266 e. The number of amides is 1. The Morgan fingerprint density at radius 2 is 1.96 bits per heavy atom. The van der Waals surface area contributed by atoms with Gasteiger partial charge in [0.2, 0.25) is 5.60 Å². The number of nitrogens with zero attached hydrogens (tertiary/aromatic N) is 1. The molecule has 0 spiro atoms. The predicted molar refractivity (Wildman–Crippen MR) is 97.7 cm³/mol. The summed E-state index contributed by atoms with van der Waals surface area (Å²) in [6.07, 6.45) is 0.958. The van der Waals surface area contributed by atoms with Crippen molar-refractivity contribution < 1.29 is 19.1 Å². The smallest absolute Gasteiger partial charge is 0.266 e. The van der Waals surface area contributed by atoms with Crippen molar-refractivity contribution in [3.8, 4) is 0 Å². The molecule has 136 valence electrons. The molecule has 6 heteroatoms. The summed E-state index contributed by atoms with van der Waals surface area (Å²) in [5.41, 5.74) is -0.635. The molecule has 3 rings (SSSR count). The highest BCUT2D eigenvalue weighted by molar-refractivity contribution is 6.30. The van der Waals surface area contributed by atoms with Crippen LogP contribution < -0.4 is 4.90 Å². The summed E-state index contributed by atoms with van der Waals surface area (Å²) in [6, 6.07) is 13.2. The number of hydrogen-bond donors (Lipinski definition) is 1. The highest BCUT2D eigenvalue weighted by Crippen LogP contribution is 2.30. The molecule has 1 aliphatic rings. The highest BCUT2D eigenvalue weighted by Gasteiger charge is 2.50. The van der Waals surface area contributed by atoms with Gasteiger partial charge in [-0.25, -0.2) is 4.39 Å². The van der Waals surface area contributed by atoms with Gasteiger partial charge in [0.15, 0.2) is 5.78 Å². The molecule has 26 heavy (non-hydrogen) atoms. The molecular formula is C20H19ClFNO3. The zero-order chi connectivity index (χ0) is 18.7. The summed E-state index contributed by atoms with van der Waals surface area (Å²) in [6.45, 7) is 0.296. The Morgan fingerprint density at radius 1 is 1.23 bits per heavy atom. The lowest BCUT2D eigenvalue weighted by molar-refractivity contribution is -0.147. The second kappa shape index (κ2) is 7.56. The van der Waals surface area contributed by atoms with E-state index in [0.29, 0.717) is 35.7 Å². The Kier molecular flexibility index (Phi) is 5.39. The van der Waals surface area contributed by atoms with E-state index in [1.165, 1.54) is 17.0 Å². The van der Waals surface area contributed by atoms with Crippen molar-refractivity contribution in [2.75, 3.05) is 11.4 Å². The van der Waals surface area contributed by atoms with Gasteiger partial charge in [-0.05, 0) is 48.7 Å². The van der Waals surface area contributed by atoms with Crippen molar-refractivity contribution in [3.05, 3.63) is 64.9 Å². The number of Topliss-reactive ketones (excluding diaryl/α,β-unsaturated/α-hetero) is 1. The van der Waals surface area contributed by atoms with Crippen LogP contribution in [0.15, 0.2) is 48.5 Å². The average Bonchev–Trinajstić information content (AvgIpc) is 2.91. The standard InChI is InChI=1S/C20H19ClFNO3/c21-15-11-14(12-16(22)13-15)5-4-8-18(24)20(26)9-10-23(19(20)25)17-6-2-1-3-7-17/h1-3,6-7,11-13,26H,4-5,8-10H2/t20-/m0/s1. The summed E-state index contributed by atoms with van der Waals surface area (Å²) < 4.78 is 13.3. The Balaban J connectivity index is 1.61. The van der Waals surface area contributed by atoms with Crippen molar-refractivity contribution in [3.63, 3.8) is 0 Å². The molecule has 1 heterocycles. The molecule has 0 aromatic heterocycles. The van der Waals surface area contributed by atoms with E-state index >= 15 is 0 Å². The highest BCUT2D eigenvalue weighted by atomic mass is 35.5. The number of para-hydroxylation sites is 1. The third kappa shape index (κ3) is 3.79. The van der Waals surface area contributed by atoms with Crippen LogP contribution in [0.5, 0.6) is 0 Å². The number of benzene rings is 2. The SMILES string of the molecule is O=C(CCCc1cc(F)cc(Cl)c1)[C@@]1(O)CCN(c2ccccc2)C1=O. The second-order valence-corrected chi connectivity index (χ2v) is 6.89. The van der Waals surface area contributed by atoms with Crippen LogP contribution in [0.1, 0.15) is 24.8 Å². The van der Waals surface area contributed by atoms with Gasteiger partial charge in [-0.1, -0.05) is 29.8 Å². The van der Waals surface area contributed by atoms with Crippen molar-refractivity contribution in [1.82, 2.24) is 0 Å². The number of rotatable bonds is 6. The zero-order valence-corrected chi connectivity index (χ0v) is 14.9. The van der Waals surface area contributed by atoms with Crippen molar-refractivity contribution in [2.45, 2.75) is 31.3 Å². The molecule has 0 radical (unpaired) electrons. The van der Waals surface area contributed by atoms with Gasteiger partial charge in [0.05, 0.1) is 0 Å². The van der Waals surface area contributed by atoms with Gasteiger partial charge >= 0.3 is 0 Å². The quantitative estimate of drug-likeness (QED) is 0.786. The van der Waals surface area contributed by atoms with E-state index in [-0.39, 0.29) is 12.8 Å². The van der Waals surface area contributed by atoms with Crippen LogP contribution in [-0.4, -0.2) is 28.9 Å². The van der Waals surface area contributed by atoms with E-state index in [1.807, 2.05) is 6.07 Å². The number of carbonyl (C=O) groups excluding carboxylic acids is 2. The van der Waals surface area contributed by atoms with Crippen LogP contribution >= 0.6 is 11.6 Å². The third-order valence-corrected chi connectivity index (χ3v) is 4.84. The molecule has 2 aromatic rings. The zero-order valence-electron chi connectivity index (χ0n) is 14.1. The van der Waals surface area contributed by atoms with Crippen LogP contribution in [0.3, 0.4) is 0 Å². The maximum atomic E-state index is 13.3. The number of aliphatic hydroxyl groups is 1. The van der Waals surface area contributed by atoms with Crippen molar-refractivity contribution >= 4 is 29.0 Å². The van der Waals surface area contributed by atoms with Gasteiger partial charge in [0.25, 0.3) is 5.91 Å². The summed E-state index contributed by atoms with van der Waals surface area (Å²) in [7, 11) is 0. The summed E-state index contributed by atoms with van der Waals surface area (Å²) >= 11 is 5.81. The number of aryl methyl sites for hydroxylation is 1. The van der Waals surface area contributed by atoms with Crippen LogP contribution in [0.25, 0.3) is 0 Å². The lowest BCUT2D eigenvalue weighted by Crippen LogP contribution is -2.46. The third-order valence-electron chi connectivity index (χ3n) is 4.62. The maximum absolute atomic E-state index is 13.3. The fraction of sp³-hybridized carbons (Fsp3) is 0.300. The van der Waals surface area contributed by atoms with Crippen LogP contribution in [0, 0.1) is 5.82 Å². The first-order chi connectivity index (χ1) is 12.4. The molecule has 4 nitrogen and oxygen atoms in total. The van der Waals surface area contributed by atoms with Crippen LogP contribution in [-0.2, 0) is 16.0 Å². The minimum atomic E-state index is -1.98. The predicted octanol–water partition coefficient (Wildman–Crippen LogP) is 3.54. The summed E-state index contributed by atoms with van der Waals surface area (Å²) in [5, 5.41) is 10.9. The molecule has 0 bridgehead atoms. The number of carbonyl (C=O) groups is 2. The molecule has 1 aliphatic heterocycles. The normalized spacial score (nSPS) is 19.8. The van der Waals surface area contributed by atoms with Gasteiger partial charge in [-0.15, -0.1) is 0 Å². The summed E-state index contributed by atoms with van der Waals surface area (Å²) in [5.74, 6) is -1.51. The second-order valence-electron chi connectivity index (χ2n) is 6.46. The van der Waals surface area contributed by atoms with Crippen LogP contribution in [0.2, 0.25) is 5.02 Å².